The van der Waals surface area contributed by atoms with E-state index in [-0.39, 0.29) is 11.8 Å². The third-order valence-electron chi connectivity index (χ3n) is 7.23. The fourth-order valence-corrected chi connectivity index (χ4v) is 5.27. The highest BCUT2D eigenvalue weighted by Crippen LogP contribution is 2.38. The van der Waals surface area contributed by atoms with Crippen LogP contribution in [0.15, 0.2) is 66.9 Å². The van der Waals surface area contributed by atoms with E-state index in [1.807, 2.05) is 23.1 Å². The number of amides is 1. The maximum absolute atomic E-state index is 13.7. The number of aromatic amines is 1. The predicted molar refractivity (Wildman–Crippen MR) is 139 cm³/mol. The molecular formula is C30H32N2O3. The lowest BCUT2D eigenvalue weighted by molar-refractivity contribution is -0.132. The molecule has 1 aliphatic heterocycles. The number of fused-ring (bicyclic) bond motifs is 2. The molecule has 1 unspecified atom stereocenters. The van der Waals surface area contributed by atoms with Crippen molar-refractivity contribution >= 4 is 16.8 Å². The second-order valence-corrected chi connectivity index (χ2v) is 9.17. The molecular weight excluding hydrogens is 436 g/mol. The zero-order valence-corrected chi connectivity index (χ0v) is 20.6. The number of carbonyl (C=O) groups excluding carboxylic acids is 1. The summed E-state index contributed by atoms with van der Waals surface area (Å²) in [5, 5.41) is 1.16. The van der Waals surface area contributed by atoms with Gasteiger partial charge in [0.05, 0.1) is 14.2 Å². The number of rotatable bonds is 7. The maximum atomic E-state index is 13.7. The van der Waals surface area contributed by atoms with Gasteiger partial charge in [0.15, 0.2) is 0 Å². The normalized spacial score (nSPS) is 14.0. The smallest absolute Gasteiger partial charge is 0.223 e. The Morgan fingerprint density at radius 3 is 2.46 bits per heavy atom. The Morgan fingerprint density at radius 2 is 1.74 bits per heavy atom. The summed E-state index contributed by atoms with van der Waals surface area (Å²) in [5.74, 6) is 1.47. The number of ether oxygens (including phenoxy) is 2. The van der Waals surface area contributed by atoms with Crippen LogP contribution < -0.4 is 9.47 Å². The van der Waals surface area contributed by atoms with Crippen molar-refractivity contribution in [1.29, 1.82) is 0 Å². The van der Waals surface area contributed by atoms with E-state index in [1.165, 1.54) is 16.7 Å². The predicted octanol–water partition coefficient (Wildman–Crippen LogP) is 5.85. The van der Waals surface area contributed by atoms with E-state index in [0.717, 1.165) is 52.9 Å². The number of H-pyrrole nitrogens is 1. The lowest BCUT2D eigenvalue weighted by atomic mass is 9.86. The molecule has 5 nitrogen and oxygen atoms in total. The van der Waals surface area contributed by atoms with E-state index in [1.54, 1.807) is 14.2 Å². The van der Waals surface area contributed by atoms with Gasteiger partial charge in [-0.15, -0.1) is 0 Å². The molecule has 1 amide bonds. The van der Waals surface area contributed by atoms with E-state index in [0.29, 0.717) is 13.0 Å². The minimum Gasteiger partial charge on any atom is -0.497 e. The van der Waals surface area contributed by atoms with Gasteiger partial charge < -0.3 is 19.4 Å². The van der Waals surface area contributed by atoms with Crippen LogP contribution in [-0.2, 0) is 24.2 Å². The summed E-state index contributed by atoms with van der Waals surface area (Å²) in [6.45, 7) is 3.58. The third-order valence-corrected chi connectivity index (χ3v) is 7.23. The Bertz CT molecular complexity index is 1330. The Morgan fingerprint density at radius 1 is 1.00 bits per heavy atom. The second-order valence-electron chi connectivity index (χ2n) is 9.17. The van der Waals surface area contributed by atoms with E-state index in [9.17, 15) is 4.79 Å². The molecule has 1 aliphatic rings. The number of nitrogens with zero attached hydrogens (tertiary/aromatic N) is 1. The first kappa shape index (κ1) is 23.0. The molecule has 0 spiro atoms. The molecule has 0 bridgehead atoms. The van der Waals surface area contributed by atoms with E-state index < -0.39 is 0 Å². The molecule has 0 saturated carbocycles. The second kappa shape index (κ2) is 9.87. The summed E-state index contributed by atoms with van der Waals surface area (Å²) < 4.78 is 11.1. The van der Waals surface area contributed by atoms with Crippen molar-refractivity contribution in [3.05, 3.63) is 94.7 Å². The molecule has 0 fully saturated rings. The number of aryl methyl sites for hydroxylation is 1. The first-order chi connectivity index (χ1) is 17.1. The molecule has 0 aliphatic carbocycles. The van der Waals surface area contributed by atoms with Crippen LogP contribution in [0.2, 0.25) is 0 Å². The summed E-state index contributed by atoms with van der Waals surface area (Å²) >= 11 is 0. The highest BCUT2D eigenvalue weighted by atomic mass is 16.5. The molecule has 0 radical (unpaired) electrons. The first-order valence-electron chi connectivity index (χ1n) is 12.3. The van der Waals surface area contributed by atoms with Crippen LogP contribution in [-0.4, -0.2) is 36.6 Å². The highest BCUT2D eigenvalue weighted by Gasteiger charge is 2.27. The van der Waals surface area contributed by atoms with Crippen molar-refractivity contribution in [1.82, 2.24) is 9.88 Å². The van der Waals surface area contributed by atoms with Crippen molar-refractivity contribution in [3.63, 3.8) is 0 Å². The van der Waals surface area contributed by atoms with Gasteiger partial charge in [-0.25, -0.2) is 0 Å². The van der Waals surface area contributed by atoms with Gasteiger partial charge in [-0.1, -0.05) is 49.4 Å². The number of nitrogens with one attached hydrogen (secondary N) is 1. The van der Waals surface area contributed by atoms with Crippen molar-refractivity contribution < 1.29 is 14.3 Å². The molecule has 3 aromatic carbocycles. The fourth-order valence-electron chi connectivity index (χ4n) is 5.27. The zero-order chi connectivity index (χ0) is 24.4. The number of hydrogen-bond donors (Lipinski definition) is 1. The molecule has 1 aromatic heterocycles. The summed E-state index contributed by atoms with van der Waals surface area (Å²) in [5.41, 5.74) is 7.13. The molecule has 180 valence electrons. The van der Waals surface area contributed by atoms with Crippen LogP contribution in [0.4, 0.5) is 0 Å². The molecule has 2 heterocycles. The molecule has 1 atom stereocenters. The van der Waals surface area contributed by atoms with Crippen LogP contribution in [0.1, 0.15) is 47.1 Å². The van der Waals surface area contributed by atoms with E-state index >= 15 is 0 Å². The first-order valence-corrected chi connectivity index (χ1v) is 12.3. The molecule has 0 saturated heterocycles. The fraction of sp³-hybridized carbons (Fsp3) is 0.300. The Kier molecular flexibility index (Phi) is 6.49. The Hall–Kier alpha value is -3.73. The van der Waals surface area contributed by atoms with Gasteiger partial charge in [0.2, 0.25) is 5.91 Å². The summed E-state index contributed by atoms with van der Waals surface area (Å²) in [6.07, 6.45) is 4.29. The number of hydrogen-bond acceptors (Lipinski definition) is 3. The minimum atomic E-state index is -0.135. The van der Waals surface area contributed by atoms with E-state index in [2.05, 4.69) is 60.6 Å². The van der Waals surface area contributed by atoms with Gasteiger partial charge in [0, 0.05) is 48.6 Å². The van der Waals surface area contributed by atoms with Crippen LogP contribution in [0.3, 0.4) is 0 Å². The van der Waals surface area contributed by atoms with E-state index in [4.69, 9.17) is 9.47 Å². The highest BCUT2D eigenvalue weighted by molar-refractivity contribution is 5.88. The summed E-state index contributed by atoms with van der Waals surface area (Å²) in [7, 11) is 3.31. The number of aromatic nitrogens is 1. The minimum absolute atomic E-state index is 0.135. The van der Waals surface area contributed by atoms with Gasteiger partial charge in [-0.05, 0) is 52.8 Å². The number of para-hydroxylation sites is 1. The third kappa shape index (κ3) is 4.51. The average Bonchev–Trinajstić information content (AvgIpc) is 3.35. The van der Waals surface area contributed by atoms with Crippen molar-refractivity contribution in [2.24, 2.45) is 0 Å². The zero-order valence-electron chi connectivity index (χ0n) is 20.6. The van der Waals surface area contributed by atoms with Gasteiger partial charge in [0.1, 0.15) is 11.5 Å². The largest absolute Gasteiger partial charge is 0.497 e. The topological polar surface area (TPSA) is 54.6 Å². The van der Waals surface area contributed by atoms with Crippen molar-refractivity contribution in [3.8, 4) is 11.5 Å². The average molecular weight is 469 g/mol. The molecule has 4 aromatic rings. The van der Waals surface area contributed by atoms with Gasteiger partial charge in [0.25, 0.3) is 0 Å². The van der Waals surface area contributed by atoms with Crippen LogP contribution in [0.5, 0.6) is 11.5 Å². The SMILES string of the molecule is CCc1cccc2c(C(CC(=O)N3CCc4ccccc4C3)c3cc(OC)cc(OC)c3)c[nH]c12. The van der Waals surface area contributed by atoms with Gasteiger partial charge in [-0.3, -0.25) is 4.79 Å². The molecule has 5 rings (SSSR count). The van der Waals surface area contributed by atoms with Gasteiger partial charge >= 0.3 is 0 Å². The monoisotopic (exact) mass is 468 g/mol. The van der Waals surface area contributed by atoms with Crippen LogP contribution >= 0.6 is 0 Å². The lowest BCUT2D eigenvalue weighted by Crippen LogP contribution is -2.36. The number of benzene rings is 3. The summed E-state index contributed by atoms with van der Waals surface area (Å²) in [6, 6.07) is 20.7. The molecule has 1 N–H and O–H groups in total. The standard InChI is InChI=1S/C30H32N2O3/c1-4-20-10-7-11-26-28(18-31-30(20)26)27(23-14-24(34-2)16-25(15-23)35-3)17-29(33)32-13-12-21-8-5-6-9-22(21)19-32/h5-11,14-16,18,27,31H,4,12-13,17,19H2,1-3H3. The molecule has 5 heteroatoms. The van der Waals surface area contributed by atoms with Crippen LogP contribution in [0, 0.1) is 0 Å². The lowest BCUT2D eigenvalue weighted by Gasteiger charge is -2.30. The number of carbonyl (C=O) groups is 1. The Balaban J connectivity index is 1.54. The number of methoxy groups -OCH3 is 2. The summed E-state index contributed by atoms with van der Waals surface area (Å²) in [4.78, 5) is 19.2. The Labute approximate surface area is 206 Å². The van der Waals surface area contributed by atoms with Crippen molar-refractivity contribution in [2.75, 3.05) is 20.8 Å². The quantitative estimate of drug-likeness (QED) is 0.370. The van der Waals surface area contributed by atoms with Crippen molar-refractivity contribution in [2.45, 2.75) is 38.6 Å². The van der Waals surface area contributed by atoms with Gasteiger partial charge in [-0.2, -0.15) is 0 Å². The maximum Gasteiger partial charge on any atom is 0.223 e. The van der Waals surface area contributed by atoms with Crippen LogP contribution in [0.25, 0.3) is 10.9 Å². The molecule has 35 heavy (non-hydrogen) atoms.